The maximum absolute atomic E-state index is 11.5. The van der Waals surface area contributed by atoms with E-state index in [1.165, 1.54) is 6.26 Å². The third-order valence-corrected chi connectivity index (χ3v) is 4.97. The SMILES string of the molecule is CC(C)c1noc(CN(C)[C@@H](C)c2ccc(S(C)(=O)=O)cc2)n1. The summed E-state index contributed by atoms with van der Waals surface area (Å²) >= 11 is 0. The van der Waals surface area contributed by atoms with Crippen molar-refractivity contribution in [2.45, 2.75) is 44.2 Å². The quantitative estimate of drug-likeness (QED) is 0.807. The number of aromatic nitrogens is 2. The molecule has 7 heteroatoms. The zero-order chi connectivity index (χ0) is 17.2. The highest BCUT2D eigenvalue weighted by Crippen LogP contribution is 2.22. The largest absolute Gasteiger partial charge is 0.338 e. The van der Waals surface area contributed by atoms with Gasteiger partial charge >= 0.3 is 0 Å². The van der Waals surface area contributed by atoms with Gasteiger partial charge < -0.3 is 4.52 Å². The Balaban J connectivity index is 2.08. The van der Waals surface area contributed by atoms with E-state index in [-0.39, 0.29) is 12.0 Å². The minimum absolute atomic E-state index is 0.0954. The molecule has 0 aliphatic carbocycles. The van der Waals surface area contributed by atoms with Crippen LogP contribution in [0, 0.1) is 0 Å². The van der Waals surface area contributed by atoms with Crippen LogP contribution in [0.25, 0.3) is 0 Å². The van der Waals surface area contributed by atoms with Crippen molar-refractivity contribution in [3.8, 4) is 0 Å². The second-order valence-electron chi connectivity index (χ2n) is 6.13. The van der Waals surface area contributed by atoms with Crippen molar-refractivity contribution in [2.75, 3.05) is 13.3 Å². The Morgan fingerprint density at radius 3 is 2.26 bits per heavy atom. The van der Waals surface area contributed by atoms with Gasteiger partial charge in [-0.1, -0.05) is 31.1 Å². The molecule has 0 N–H and O–H groups in total. The molecule has 0 amide bonds. The van der Waals surface area contributed by atoms with Gasteiger partial charge in [-0.2, -0.15) is 4.98 Å². The Bertz CT molecular complexity index is 751. The molecule has 1 aromatic heterocycles. The molecule has 1 atom stereocenters. The van der Waals surface area contributed by atoms with Gasteiger partial charge in [0.2, 0.25) is 5.89 Å². The molecule has 2 aromatic rings. The number of hydrogen-bond acceptors (Lipinski definition) is 6. The van der Waals surface area contributed by atoms with E-state index in [0.29, 0.717) is 23.2 Å². The summed E-state index contributed by atoms with van der Waals surface area (Å²) in [6.45, 7) is 6.62. The number of rotatable bonds is 6. The monoisotopic (exact) mass is 337 g/mol. The predicted octanol–water partition coefficient (Wildman–Crippen LogP) is 2.79. The molecule has 2 rings (SSSR count). The van der Waals surface area contributed by atoms with Crippen molar-refractivity contribution in [1.29, 1.82) is 0 Å². The first kappa shape index (κ1) is 17.6. The van der Waals surface area contributed by atoms with Crippen molar-refractivity contribution >= 4 is 9.84 Å². The van der Waals surface area contributed by atoms with Gasteiger partial charge in [-0.25, -0.2) is 8.42 Å². The second kappa shape index (κ2) is 6.80. The first-order chi connectivity index (χ1) is 10.7. The third-order valence-electron chi connectivity index (χ3n) is 3.84. The lowest BCUT2D eigenvalue weighted by Gasteiger charge is -2.23. The average Bonchev–Trinajstić information content (AvgIpc) is 2.94. The molecule has 1 heterocycles. The summed E-state index contributed by atoms with van der Waals surface area (Å²) in [6.07, 6.45) is 1.21. The van der Waals surface area contributed by atoms with Crippen molar-refractivity contribution in [2.24, 2.45) is 0 Å². The van der Waals surface area contributed by atoms with Crippen LogP contribution in [0.15, 0.2) is 33.7 Å². The van der Waals surface area contributed by atoms with Gasteiger partial charge in [0.05, 0.1) is 11.4 Å². The lowest BCUT2D eigenvalue weighted by atomic mass is 10.1. The maximum atomic E-state index is 11.5. The van der Waals surface area contributed by atoms with E-state index >= 15 is 0 Å². The molecule has 0 saturated heterocycles. The van der Waals surface area contributed by atoms with Gasteiger partial charge in [0, 0.05) is 18.2 Å². The Morgan fingerprint density at radius 2 is 1.78 bits per heavy atom. The van der Waals surface area contributed by atoms with Crippen LogP contribution in [0.4, 0.5) is 0 Å². The highest BCUT2D eigenvalue weighted by molar-refractivity contribution is 7.90. The first-order valence-electron chi connectivity index (χ1n) is 7.51. The van der Waals surface area contributed by atoms with Gasteiger partial charge in [-0.05, 0) is 31.7 Å². The molecule has 6 nitrogen and oxygen atoms in total. The van der Waals surface area contributed by atoms with E-state index in [2.05, 4.69) is 22.0 Å². The molecule has 0 bridgehead atoms. The normalized spacial score (nSPS) is 13.7. The third kappa shape index (κ3) is 4.39. The van der Waals surface area contributed by atoms with Crippen LogP contribution in [0.5, 0.6) is 0 Å². The molecular formula is C16H23N3O3S. The summed E-state index contributed by atoms with van der Waals surface area (Å²) in [5.74, 6) is 1.52. The van der Waals surface area contributed by atoms with Gasteiger partial charge in [-0.3, -0.25) is 4.90 Å². The fourth-order valence-corrected chi connectivity index (χ4v) is 2.80. The summed E-state index contributed by atoms with van der Waals surface area (Å²) in [5, 5.41) is 3.96. The molecule has 0 unspecified atom stereocenters. The van der Waals surface area contributed by atoms with Gasteiger partial charge in [-0.15, -0.1) is 0 Å². The van der Waals surface area contributed by atoms with Crippen LogP contribution >= 0.6 is 0 Å². The molecule has 1 aromatic carbocycles. The predicted molar refractivity (Wildman–Crippen MR) is 87.8 cm³/mol. The highest BCUT2D eigenvalue weighted by Gasteiger charge is 2.17. The van der Waals surface area contributed by atoms with E-state index in [9.17, 15) is 8.42 Å². The Kier molecular flexibility index (Phi) is 5.21. The van der Waals surface area contributed by atoms with Crippen molar-refractivity contribution in [3.63, 3.8) is 0 Å². The van der Waals surface area contributed by atoms with Gasteiger partial charge in [0.1, 0.15) is 0 Å². The highest BCUT2D eigenvalue weighted by atomic mass is 32.2. The Labute approximate surface area is 137 Å². The van der Waals surface area contributed by atoms with Crippen molar-refractivity contribution in [3.05, 3.63) is 41.5 Å². The van der Waals surface area contributed by atoms with Crippen LogP contribution in [0.1, 0.15) is 50.0 Å². The molecule has 0 spiro atoms. The van der Waals surface area contributed by atoms with E-state index in [4.69, 9.17) is 4.52 Å². The summed E-state index contributed by atoms with van der Waals surface area (Å²) in [6, 6.07) is 7.05. The number of sulfone groups is 1. The topological polar surface area (TPSA) is 76.3 Å². The van der Waals surface area contributed by atoms with Crippen LogP contribution in [-0.2, 0) is 16.4 Å². The van der Waals surface area contributed by atoms with Gasteiger partial charge in [0.25, 0.3) is 0 Å². The lowest BCUT2D eigenvalue weighted by molar-refractivity contribution is 0.216. The average molecular weight is 337 g/mol. The minimum atomic E-state index is -3.17. The molecule has 0 radical (unpaired) electrons. The first-order valence-corrected chi connectivity index (χ1v) is 9.40. The number of hydrogen-bond donors (Lipinski definition) is 0. The zero-order valence-electron chi connectivity index (χ0n) is 14.1. The second-order valence-corrected chi connectivity index (χ2v) is 8.15. The van der Waals surface area contributed by atoms with Crippen LogP contribution in [0.2, 0.25) is 0 Å². The van der Waals surface area contributed by atoms with Gasteiger partial charge in [0.15, 0.2) is 15.7 Å². The van der Waals surface area contributed by atoms with Crippen LogP contribution in [-0.4, -0.2) is 36.8 Å². The lowest BCUT2D eigenvalue weighted by Crippen LogP contribution is -2.22. The molecule has 0 saturated carbocycles. The molecule has 0 aliphatic rings. The Hall–Kier alpha value is -1.73. The summed E-state index contributed by atoms with van der Waals surface area (Å²) in [5.41, 5.74) is 1.03. The van der Waals surface area contributed by atoms with Crippen LogP contribution in [0.3, 0.4) is 0 Å². The van der Waals surface area contributed by atoms with Crippen molar-refractivity contribution < 1.29 is 12.9 Å². The molecule has 23 heavy (non-hydrogen) atoms. The number of benzene rings is 1. The minimum Gasteiger partial charge on any atom is -0.338 e. The smallest absolute Gasteiger partial charge is 0.240 e. The number of nitrogens with zero attached hydrogens (tertiary/aromatic N) is 3. The summed E-state index contributed by atoms with van der Waals surface area (Å²) < 4.78 is 28.3. The summed E-state index contributed by atoms with van der Waals surface area (Å²) in [4.78, 5) is 6.78. The van der Waals surface area contributed by atoms with E-state index in [1.807, 2.05) is 33.0 Å². The van der Waals surface area contributed by atoms with Crippen molar-refractivity contribution in [1.82, 2.24) is 15.0 Å². The van der Waals surface area contributed by atoms with Crippen LogP contribution < -0.4 is 0 Å². The maximum Gasteiger partial charge on any atom is 0.240 e. The molecule has 0 fully saturated rings. The summed E-state index contributed by atoms with van der Waals surface area (Å²) in [7, 11) is -1.20. The van der Waals surface area contributed by atoms with E-state index < -0.39 is 9.84 Å². The molecule has 126 valence electrons. The molecular weight excluding hydrogens is 314 g/mol. The zero-order valence-corrected chi connectivity index (χ0v) is 15.0. The fraction of sp³-hybridized carbons (Fsp3) is 0.500. The molecule has 0 aliphatic heterocycles. The standard InChI is InChI=1S/C16H23N3O3S/c1-11(2)16-17-15(22-18-16)10-19(4)12(3)13-6-8-14(9-7-13)23(5,20)21/h6-9,11-12H,10H2,1-5H3/t12-/m0/s1. The Morgan fingerprint density at radius 1 is 1.17 bits per heavy atom. The fourth-order valence-electron chi connectivity index (χ4n) is 2.17. The van der Waals surface area contributed by atoms with E-state index in [1.54, 1.807) is 12.1 Å². The van der Waals surface area contributed by atoms with E-state index in [0.717, 1.165) is 5.56 Å².